The monoisotopic (exact) mass is 207 g/mol. The molecule has 0 aromatic heterocycles. The van der Waals surface area contributed by atoms with Gasteiger partial charge in [-0.15, -0.1) is 0 Å². The third-order valence-corrected chi connectivity index (χ3v) is 1.60. The van der Waals surface area contributed by atoms with Gasteiger partial charge >= 0.3 is 29.3 Å². The van der Waals surface area contributed by atoms with Gasteiger partial charge in [0.15, 0.2) is 0 Å². The van der Waals surface area contributed by atoms with Gasteiger partial charge in [-0.2, -0.15) is 0 Å². The summed E-state index contributed by atoms with van der Waals surface area (Å²) < 4.78 is 7.68. The molecule has 0 unspecified atom stereocenters. The van der Waals surface area contributed by atoms with Gasteiger partial charge in [-0.1, -0.05) is 0 Å². The Morgan fingerprint density at radius 1 is 0.750 bits per heavy atom. The Balaban J connectivity index is 0.000000720. The number of cyclic esters (lactones) is 4. The van der Waals surface area contributed by atoms with Crippen molar-refractivity contribution in [1.82, 2.24) is 0 Å². The fourth-order valence-corrected chi connectivity index (χ4v) is 0.882. The summed E-state index contributed by atoms with van der Waals surface area (Å²) in [5.74, 6) is -4.54. The van der Waals surface area contributed by atoms with E-state index in [2.05, 4.69) is 9.47 Å². The molecule has 2 fully saturated rings. The standard InChI is InChI=1S/C5O6.V/c6-1-5(2(7)10-1)3(8)11-4(5)9;. The van der Waals surface area contributed by atoms with Crippen LogP contribution in [0.5, 0.6) is 0 Å². The van der Waals surface area contributed by atoms with E-state index in [-0.39, 0.29) is 18.6 Å². The molecule has 0 aromatic carbocycles. The van der Waals surface area contributed by atoms with Crippen molar-refractivity contribution in [2.45, 2.75) is 0 Å². The fraction of sp³-hybridized carbons (Fsp3) is 0.200. The number of carbonyl (C=O) groups is 4. The van der Waals surface area contributed by atoms with Crippen molar-refractivity contribution >= 4 is 23.9 Å². The number of hydrogen-bond donors (Lipinski definition) is 0. The molecular weight excluding hydrogens is 207 g/mol. The average Bonchev–Trinajstić information content (AvgIpc) is 1.86. The molecule has 0 aliphatic carbocycles. The molecule has 2 saturated heterocycles. The quantitative estimate of drug-likeness (QED) is 0.342. The summed E-state index contributed by atoms with van der Waals surface area (Å²) >= 11 is 0. The Kier molecular flexibility index (Phi) is 1.63. The van der Waals surface area contributed by atoms with Crippen LogP contribution in [0.3, 0.4) is 0 Å². The van der Waals surface area contributed by atoms with Gasteiger partial charge in [-0.05, 0) is 0 Å². The summed E-state index contributed by atoms with van der Waals surface area (Å²) in [5, 5.41) is 0. The Morgan fingerprint density at radius 3 is 1.08 bits per heavy atom. The van der Waals surface area contributed by atoms with E-state index >= 15 is 0 Å². The second-order valence-corrected chi connectivity index (χ2v) is 2.10. The SMILES string of the molecule is O=C1OC(=O)C12C(=O)OC2=O.[V]. The Morgan fingerprint density at radius 2 is 1.00 bits per heavy atom. The largest absolute Gasteiger partial charge is 0.390 e. The van der Waals surface area contributed by atoms with Crippen LogP contribution in [-0.2, 0) is 47.2 Å². The van der Waals surface area contributed by atoms with Gasteiger partial charge in [0.05, 0.1) is 0 Å². The van der Waals surface area contributed by atoms with Crippen molar-refractivity contribution in [2.75, 3.05) is 0 Å². The number of rotatable bonds is 0. The van der Waals surface area contributed by atoms with Crippen LogP contribution in [0.1, 0.15) is 0 Å². The average molecular weight is 207 g/mol. The molecule has 1 spiro atoms. The molecule has 7 heteroatoms. The Labute approximate surface area is 77.1 Å². The Bertz CT molecular complexity index is 254. The van der Waals surface area contributed by atoms with Gasteiger partial charge in [0.2, 0.25) is 0 Å². The van der Waals surface area contributed by atoms with Gasteiger partial charge in [0, 0.05) is 18.6 Å². The molecule has 0 aromatic rings. The predicted molar refractivity (Wildman–Crippen MR) is 24.6 cm³/mol. The maximum absolute atomic E-state index is 10.5. The first-order valence-electron chi connectivity index (χ1n) is 2.63. The van der Waals surface area contributed by atoms with Crippen LogP contribution >= 0.6 is 0 Å². The number of esters is 4. The van der Waals surface area contributed by atoms with Gasteiger partial charge < -0.3 is 9.47 Å². The van der Waals surface area contributed by atoms with Crippen molar-refractivity contribution < 1.29 is 47.2 Å². The first kappa shape index (κ1) is 8.96. The van der Waals surface area contributed by atoms with Gasteiger partial charge in [-0.25, -0.2) is 19.2 Å². The molecule has 0 atom stereocenters. The summed E-state index contributed by atoms with van der Waals surface area (Å²) in [6.07, 6.45) is 0. The number of carbonyl (C=O) groups excluding carboxylic acids is 4. The van der Waals surface area contributed by atoms with Crippen LogP contribution in [0.4, 0.5) is 0 Å². The molecule has 0 saturated carbocycles. The minimum absolute atomic E-state index is 0. The zero-order valence-corrected chi connectivity index (χ0v) is 6.79. The molecule has 2 aliphatic heterocycles. The van der Waals surface area contributed by atoms with E-state index in [1.54, 1.807) is 0 Å². The molecule has 0 bridgehead atoms. The molecule has 1 radical (unpaired) electrons. The molecule has 2 aliphatic rings. The van der Waals surface area contributed by atoms with Crippen LogP contribution in [0.15, 0.2) is 0 Å². The third kappa shape index (κ3) is 0.576. The topological polar surface area (TPSA) is 86.7 Å². The van der Waals surface area contributed by atoms with E-state index in [1.807, 2.05) is 0 Å². The van der Waals surface area contributed by atoms with E-state index < -0.39 is 29.3 Å². The van der Waals surface area contributed by atoms with E-state index in [9.17, 15) is 19.2 Å². The minimum atomic E-state index is -2.22. The summed E-state index contributed by atoms with van der Waals surface area (Å²) in [7, 11) is 0. The van der Waals surface area contributed by atoms with Crippen molar-refractivity contribution in [3.8, 4) is 0 Å². The van der Waals surface area contributed by atoms with Gasteiger partial charge in [0.25, 0.3) is 0 Å². The van der Waals surface area contributed by atoms with E-state index in [0.717, 1.165) is 0 Å². The third-order valence-electron chi connectivity index (χ3n) is 1.60. The molecule has 2 rings (SSSR count). The summed E-state index contributed by atoms with van der Waals surface area (Å²) in [5.41, 5.74) is -2.22. The van der Waals surface area contributed by atoms with Crippen LogP contribution in [-0.4, -0.2) is 23.9 Å². The molecule has 0 N–H and O–H groups in total. The minimum Gasteiger partial charge on any atom is -0.390 e. The second-order valence-electron chi connectivity index (χ2n) is 2.10. The molecular formula is C5O6V. The smallest absolute Gasteiger partial charge is 0.357 e. The van der Waals surface area contributed by atoms with Crippen LogP contribution in [0.2, 0.25) is 0 Å². The molecule has 61 valence electrons. The summed E-state index contributed by atoms with van der Waals surface area (Å²) in [6, 6.07) is 0. The first-order chi connectivity index (χ1) is 5.10. The maximum Gasteiger partial charge on any atom is 0.357 e. The van der Waals surface area contributed by atoms with E-state index in [0.29, 0.717) is 0 Å². The number of hydrogen-bond acceptors (Lipinski definition) is 6. The van der Waals surface area contributed by atoms with Crippen molar-refractivity contribution in [3.63, 3.8) is 0 Å². The molecule has 6 nitrogen and oxygen atoms in total. The fourth-order valence-electron chi connectivity index (χ4n) is 0.882. The van der Waals surface area contributed by atoms with Crippen LogP contribution in [0, 0.1) is 5.41 Å². The molecule has 12 heavy (non-hydrogen) atoms. The van der Waals surface area contributed by atoms with E-state index in [1.165, 1.54) is 0 Å². The first-order valence-corrected chi connectivity index (χ1v) is 2.63. The predicted octanol–water partition coefficient (Wildman–Crippen LogP) is -1.86. The molecule has 0 amide bonds. The zero-order valence-electron chi connectivity index (χ0n) is 5.40. The number of ether oxygens (including phenoxy) is 2. The Hall–Kier alpha value is -1.14. The van der Waals surface area contributed by atoms with Crippen molar-refractivity contribution in [1.29, 1.82) is 0 Å². The van der Waals surface area contributed by atoms with Crippen LogP contribution in [0.25, 0.3) is 0 Å². The van der Waals surface area contributed by atoms with Gasteiger partial charge in [-0.3, -0.25) is 0 Å². The van der Waals surface area contributed by atoms with Crippen molar-refractivity contribution in [3.05, 3.63) is 0 Å². The molecule has 2 heterocycles. The second kappa shape index (κ2) is 2.18. The van der Waals surface area contributed by atoms with Gasteiger partial charge in [0.1, 0.15) is 0 Å². The normalized spacial score (nSPS) is 23.3. The van der Waals surface area contributed by atoms with E-state index in [4.69, 9.17) is 0 Å². The summed E-state index contributed by atoms with van der Waals surface area (Å²) in [6.45, 7) is 0. The van der Waals surface area contributed by atoms with Crippen LogP contribution < -0.4 is 0 Å². The zero-order chi connectivity index (χ0) is 8.22. The van der Waals surface area contributed by atoms with Crippen molar-refractivity contribution in [2.24, 2.45) is 5.41 Å². The maximum atomic E-state index is 10.5. The summed E-state index contributed by atoms with van der Waals surface area (Å²) in [4.78, 5) is 42.0.